The van der Waals surface area contributed by atoms with Crippen LogP contribution in [-0.4, -0.2) is 35.0 Å². The number of aromatic hydroxyl groups is 1. The van der Waals surface area contributed by atoms with Crippen molar-refractivity contribution in [1.82, 2.24) is 0 Å². The van der Waals surface area contributed by atoms with E-state index in [0.717, 1.165) is 6.08 Å². The van der Waals surface area contributed by atoms with Crippen molar-refractivity contribution >= 4 is 33.7 Å². The average Bonchev–Trinajstić information content (AvgIpc) is 2.71. The van der Waals surface area contributed by atoms with Gasteiger partial charge in [-0.2, -0.15) is 0 Å². The summed E-state index contributed by atoms with van der Waals surface area (Å²) in [6.07, 6.45) is 1.13. The molecule has 3 N–H and O–H groups in total. The SMILES string of the molecule is CCO[C@@H](CC/C=C/C(=O)O)[C@@H](OC(=O)Nc1ccccc1)c1cc(Br)ccc1O. The van der Waals surface area contributed by atoms with Crippen LogP contribution >= 0.6 is 15.9 Å². The molecule has 0 bridgehead atoms. The summed E-state index contributed by atoms with van der Waals surface area (Å²) in [7, 11) is 0. The van der Waals surface area contributed by atoms with Crippen LogP contribution in [0.5, 0.6) is 5.75 Å². The third kappa shape index (κ3) is 7.53. The van der Waals surface area contributed by atoms with E-state index in [9.17, 15) is 14.7 Å². The van der Waals surface area contributed by atoms with Crippen LogP contribution in [0, 0.1) is 0 Å². The van der Waals surface area contributed by atoms with Gasteiger partial charge in [-0.25, -0.2) is 9.59 Å². The number of carbonyl (C=O) groups is 2. The van der Waals surface area contributed by atoms with Crippen LogP contribution in [-0.2, 0) is 14.3 Å². The topological polar surface area (TPSA) is 105 Å². The number of aliphatic carboxylic acids is 1. The number of anilines is 1. The number of hydrogen-bond acceptors (Lipinski definition) is 5. The number of carboxylic acids is 1. The molecule has 0 aliphatic carbocycles. The lowest BCUT2D eigenvalue weighted by Crippen LogP contribution is -2.29. The third-order valence-electron chi connectivity index (χ3n) is 4.15. The van der Waals surface area contributed by atoms with Gasteiger partial charge >= 0.3 is 12.1 Å². The molecule has 0 aliphatic heterocycles. The predicted molar refractivity (Wildman–Crippen MR) is 117 cm³/mol. The molecule has 2 aromatic carbocycles. The lowest BCUT2D eigenvalue weighted by Gasteiger charge is -2.28. The maximum absolute atomic E-state index is 12.5. The molecule has 0 spiro atoms. The quantitative estimate of drug-likeness (QED) is 0.402. The molecule has 2 aromatic rings. The van der Waals surface area contributed by atoms with E-state index in [0.29, 0.717) is 35.2 Å². The van der Waals surface area contributed by atoms with Gasteiger partial charge in [0.05, 0.1) is 6.10 Å². The molecule has 0 radical (unpaired) electrons. The van der Waals surface area contributed by atoms with Gasteiger partial charge in [0.15, 0.2) is 6.10 Å². The second kappa shape index (κ2) is 12.0. The Bertz CT molecular complexity index is 871. The normalized spacial score (nSPS) is 13.0. The number of nitrogens with one attached hydrogen (secondary N) is 1. The summed E-state index contributed by atoms with van der Waals surface area (Å²) < 4.78 is 12.2. The van der Waals surface area contributed by atoms with Gasteiger partial charge in [-0.05, 0) is 50.1 Å². The number of amides is 1. The van der Waals surface area contributed by atoms with Crippen molar-refractivity contribution < 1.29 is 29.3 Å². The van der Waals surface area contributed by atoms with Gasteiger partial charge in [-0.1, -0.05) is 40.2 Å². The molecule has 0 saturated carbocycles. The molecule has 8 heteroatoms. The van der Waals surface area contributed by atoms with Crippen LogP contribution in [0.1, 0.15) is 31.4 Å². The van der Waals surface area contributed by atoms with E-state index in [1.165, 1.54) is 12.1 Å². The minimum absolute atomic E-state index is 0.0403. The summed E-state index contributed by atoms with van der Waals surface area (Å²) >= 11 is 3.37. The van der Waals surface area contributed by atoms with E-state index in [4.69, 9.17) is 14.6 Å². The minimum atomic E-state index is -1.04. The van der Waals surface area contributed by atoms with Crippen LogP contribution in [0.4, 0.5) is 10.5 Å². The van der Waals surface area contributed by atoms with Gasteiger partial charge in [0.25, 0.3) is 0 Å². The Kier molecular flexibility index (Phi) is 9.37. The minimum Gasteiger partial charge on any atom is -0.508 e. The maximum Gasteiger partial charge on any atom is 0.412 e. The molecule has 0 unspecified atom stereocenters. The Labute approximate surface area is 183 Å². The highest BCUT2D eigenvalue weighted by Crippen LogP contribution is 2.35. The molecule has 0 aromatic heterocycles. The van der Waals surface area contributed by atoms with Gasteiger partial charge < -0.3 is 19.7 Å². The van der Waals surface area contributed by atoms with Crippen molar-refractivity contribution in [1.29, 1.82) is 0 Å². The van der Waals surface area contributed by atoms with Crippen molar-refractivity contribution in [3.05, 3.63) is 70.7 Å². The number of carbonyl (C=O) groups excluding carboxylic acids is 1. The highest BCUT2D eigenvalue weighted by atomic mass is 79.9. The zero-order chi connectivity index (χ0) is 21.9. The van der Waals surface area contributed by atoms with Gasteiger partial charge in [0.1, 0.15) is 5.75 Å². The number of phenols is 1. The summed E-state index contributed by atoms with van der Waals surface area (Å²) in [5.74, 6) is -1.08. The number of phenolic OH excluding ortho intramolecular Hbond substituents is 1. The first kappa shape index (κ1) is 23.4. The molecular formula is C22H24BrNO6. The largest absolute Gasteiger partial charge is 0.508 e. The van der Waals surface area contributed by atoms with E-state index >= 15 is 0 Å². The van der Waals surface area contributed by atoms with Crippen LogP contribution in [0.2, 0.25) is 0 Å². The molecule has 0 saturated heterocycles. The van der Waals surface area contributed by atoms with Gasteiger partial charge in [-0.3, -0.25) is 5.32 Å². The Hall–Kier alpha value is -2.84. The standard InChI is InChI=1S/C22H24BrNO6/c1-2-29-19(10-6-7-11-20(26)27)21(17-14-15(23)12-13-18(17)25)30-22(28)24-16-8-4-3-5-9-16/h3-5,7-9,11-14,19,21,25H,2,6,10H2,1H3,(H,24,28)(H,26,27)/b11-7+/t19-,21-/m0/s1. The van der Waals surface area contributed by atoms with Crippen molar-refractivity contribution in [3.63, 3.8) is 0 Å². The Balaban J connectivity index is 2.26. The second-order valence-corrected chi connectivity index (χ2v) is 7.25. The smallest absolute Gasteiger partial charge is 0.412 e. The van der Waals surface area contributed by atoms with Crippen LogP contribution in [0.25, 0.3) is 0 Å². The molecule has 2 atom stereocenters. The molecule has 1 amide bonds. The Morgan fingerprint density at radius 1 is 1.20 bits per heavy atom. The van der Waals surface area contributed by atoms with Crippen molar-refractivity contribution in [2.75, 3.05) is 11.9 Å². The first-order chi connectivity index (χ1) is 14.4. The van der Waals surface area contributed by atoms with Gasteiger partial charge in [0, 0.05) is 28.4 Å². The number of hydrogen-bond donors (Lipinski definition) is 3. The van der Waals surface area contributed by atoms with E-state index in [2.05, 4.69) is 21.2 Å². The lowest BCUT2D eigenvalue weighted by atomic mass is 9.99. The highest BCUT2D eigenvalue weighted by Gasteiger charge is 2.30. The number of rotatable bonds is 10. The Morgan fingerprint density at radius 2 is 1.93 bits per heavy atom. The molecule has 0 heterocycles. The summed E-state index contributed by atoms with van der Waals surface area (Å²) in [5, 5.41) is 21.8. The molecule has 7 nitrogen and oxygen atoms in total. The summed E-state index contributed by atoms with van der Waals surface area (Å²) in [6, 6.07) is 13.7. The number of para-hydroxylation sites is 1. The number of allylic oxidation sites excluding steroid dienone is 1. The third-order valence-corrected chi connectivity index (χ3v) is 4.64. The monoisotopic (exact) mass is 477 g/mol. The number of ether oxygens (including phenoxy) is 2. The van der Waals surface area contributed by atoms with E-state index in [1.807, 2.05) is 13.0 Å². The number of carboxylic acid groups (broad SMARTS) is 1. The molecule has 160 valence electrons. The summed E-state index contributed by atoms with van der Waals surface area (Å²) in [6.45, 7) is 2.16. The van der Waals surface area contributed by atoms with E-state index < -0.39 is 24.3 Å². The van der Waals surface area contributed by atoms with E-state index in [-0.39, 0.29) is 5.75 Å². The van der Waals surface area contributed by atoms with Crippen LogP contribution in [0.3, 0.4) is 0 Å². The van der Waals surface area contributed by atoms with Gasteiger partial charge in [0.2, 0.25) is 0 Å². The van der Waals surface area contributed by atoms with Crippen molar-refractivity contribution in [2.24, 2.45) is 0 Å². The van der Waals surface area contributed by atoms with E-state index in [1.54, 1.807) is 36.4 Å². The average molecular weight is 478 g/mol. The molecular weight excluding hydrogens is 454 g/mol. The lowest BCUT2D eigenvalue weighted by molar-refractivity contribution is -0.131. The second-order valence-electron chi connectivity index (χ2n) is 6.33. The van der Waals surface area contributed by atoms with Crippen LogP contribution < -0.4 is 5.32 Å². The molecule has 30 heavy (non-hydrogen) atoms. The summed E-state index contributed by atoms with van der Waals surface area (Å²) in [5.41, 5.74) is 0.949. The fourth-order valence-corrected chi connectivity index (χ4v) is 3.24. The maximum atomic E-state index is 12.5. The van der Waals surface area contributed by atoms with Gasteiger partial charge in [-0.15, -0.1) is 0 Å². The first-order valence-corrected chi connectivity index (χ1v) is 10.2. The highest BCUT2D eigenvalue weighted by molar-refractivity contribution is 9.10. The zero-order valence-corrected chi connectivity index (χ0v) is 18.0. The number of halogens is 1. The van der Waals surface area contributed by atoms with Crippen molar-refractivity contribution in [2.45, 2.75) is 32.0 Å². The molecule has 2 rings (SSSR count). The fourth-order valence-electron chi connectivity index (χ4n) is 2.86. The predicted octanol–water partition coefficient (Wildman–Crippen LogP) is 5.27. The fraction of sp³-hybridized carbons (Fsp3) is 0.273. The molecule has 0 aliphatic rings. The summed E-state index contributed by atoms with van der Waals surface area (Å²) in [4.78, 5) is 23.2. The Morgan fingerprint density at radius 3 is 2.60 bits per heavy atom. The van der Waals surface area contributed by atoms with Crippen LogP contribution in [0.15, 0.2) is 65.2 Å². The first-order valence-electron chi connectivity index (χ1n) is 9.42. The zero-order valence-electron chi connectivity index (χ0n) is 16.5. The number of benzene rings is 2. The molecule has 0 fully saturated rings. The van der Waals surface area contributed by atoms with Crippen molar-refractivity contribution in [3.8, 4) is 5.75 Å².